The summed E-state index contributed by atoms with van der Waals surface area (Å²) in [5, 5.41) is 9.93. The van der Waals surface area contributed by atoms with Crippen molar-refractivity contribution in [3.63, 3.8) is 0 Å². The zero-order valence-corrected chi connectivity index (χ0v) is 35.8. The van der Waals surface area contributed by atoms with E-state index in [-0.39, 0.29) is 0 Å². The first kappa shape index (κ1) is 38.2. The zero-order valence-electron chi connectivity index (χ0n) is 35.8. The Hall–Kier alpha value is -8.52. The van der Waals surface area contributed by atoms with Crippen LogP contribution in [0, 0.1) is 0 Å². The first-order valence-electron chi connectivity index (χ1n) is 22.4. The molecule has 0 N–H and O–H groups in total. The maximum absolute atomic E-state index is 2.44. The molecular formula is C64H43N. The molecule has 0 aliphatic heterocycles. The summed E-state index contributed by atoms with van der Waals surface area (Å²) in [5.41, 5.74) is 15.2. The molecule has 12 aromatic carbocycles. The van der Waals surface area contributed by atoms with Gasteiger partial charge in [0.15, 0.2) is 0 Å². The molecule has 0 aliphatic rings. The van der Waals surface area contributed by atoms with Gasteiger partial charge in [0.2, 0.25) is 0 Å². The second-order valence-electron chi connectivity index (χ2n) is 16.9. The van der Waals surface area contributed by atoms with Crippen LogP contribution in [0.15, 0.2) is 261 Å². The van der Waals surface area contributed by atoms with E-state index in [0.717, 1.165) is 28.2 Å². The highest BCUT2D eigenvalue weighted by Crippen LogP contribution is 2.45. The Bertz CT molecular complexity index is 3680. The average Bonchev–Trinajstić information content (AvgIpc) is 3.38. The van der Waals surface area contributed by atoms with Gasteiger partial charge in [-0.3, -0.25) is 0 Å². The topological polar surface area (TPSA) is 3.24 Å². The van der Waals surface area contributed by atoms with Crippen LogP contribution in [0.5, 0.6) is 0 Å². The van der Waals surface area contributed by atoms with Gasteiger partial charge in [-0.05, 0) is 136 Å². The number of hydrogen-bond acceptors (Lipinski definition) is 1. The second-order valence-corrected chi connectivity index (χ2v) is 16.9. The molecule has 1 heteroatoms. The molecule has 0 heterocycles. The van der Waals surface area contributed by atoms with Crippen LogP contribution in [-0.4, -0.2) is 0 Å². The van der Waals surface area contributed by atoms with Gasteiger partial charge in [0, 0.05) is 16.9 Å². The van der Waals surface area contributed by atoms with Crippen molar-refractivity contribution in [1.82, 2.24) is 0 Å². The van der Waals surface area contributed by atoms with E-state index in [1.54, 1.807) is 0 Å². The van der Waals surface area contributed by atoms with E-state index < -0.39 is 0 Å². The minimum absolute atomic E-state index is 1.08. The van der Waals surface area contributed by atoms with Crippen LogP contribution in [0.3, 0.4) is 0 Å². The first-order chi connectivity index (χ1) is 32.2. The van der Waals surface area contributed by atoms with Crippen molar-refractivity contribution in [2.45, 2.75) is 0 Å². The largest absolute Gasteiger partial charge is 0.310 e. The molecule has 304 valence electrons. The van der Waals surface area contributed by atoms with Gasteiger partial charge in [0.1, 0.15) is 0 Å². The van der Waals surface area contributed by atoms with Crippen molar-refractivity contribution in [2.75, 3.05) is 4.90 Å². The van der Waals surface area contributed by atoms with Gasteiger partial charge in [0.25, 0.3) is 0 Å². The summed E-state index contributed by atoms with van der Waals surface area (Å²) in [5.74, 6) is 0. The Labute approximate surface area is 379 Å². The molecule has 0 saturated carbocycles. The van der Waals surface area contributed by atoms with E-state index >= 15 is 0 Å². The van der Waals surface area contributed by atoms with Crippen LogP contribution in [0.25, 0.3) is 98.7 Å². The van der Waals surface area contributed by atoms with Crippen LogP contribution in [0.2, 0.25) is 0 Å². The third kappa shape index (κ3) is 7.20. The number of benzene rings is 12. The summed E-state index contributed by atoms with van der Waals surface area (Å²) in [6.45, 7) is 0. The molecule has 12 aromatic rings. The fourth-order valence-corrected chi connectivity index (χ4v) is 9.68. The Balaban J connectivity index is 1.00. The summed E-state index contributed by atoms with van der Waals surface area (Å²) < 4.78 is 0. The first-order valence-corrected chi connectivity index (χ1v) is 22.4. The van der Waals surface area contributed by atoms with Crippen LogP contribution in [-0.2, 0) is 0 Å². The van der Waals surface area contributed by atoms with Gasteiger partial charge in [0.05, 0.1) is 5.69 Å². The molecular weight excluding hydrogens is 783 g/mol. The summed E-state index contributed by atoms with van der Waals surface area (Å²) in [6.07, 6.45) is 0. The quantitative estimate of drug-likeness (QED) is 0.148. The summed E-state index contributed by atoms with van der Waals surface area (Å²) in [6, 6.07) is 95.5. The molecule has 0 atom stereocenters. The normalized spacial score (nSPS) is 11.4. The fourth-order valence-electron chi connectivity index (χ4n) is 9.68. The van der Waals surface area contributed by atoms with Crippen molar-refractivity contribution >= 4 is 60.2 Å². The van der Waals surface area contributed by atoms with E-state index in [0.29, 0.717) is 0 Å². The Morgan fingerprint density at radius 2 is 0.569 bits per heavy atom. The van der Waals surface area contributed by atoms with Gasteiger partial charge >= 0.3 is 0 Å². The van der Waals surface area contributed by atoms with Crippen LogP contribution >= 0.6 is 0 Å². The molecule has 0 bridgehead atoms. The monoisotopic (exact) mass is 825 g/mol. The number of hydrogen-bond donors (Lipinski definition) is 0. The standard InChI is InChI=1S/C64H43N/c1-3-15-52-41-54(29-25-44(52)11-1)55-35-40-63(56-30-26-45-12-2-4-16-53(45)42-56)64(43-55)65(58-38-33-51(34-39-58)62-22-10-18-49-14-6-8-20-60(49)62)57-36-31-47(32-37-57)46-23-27-50(28-24-46)61-21-9-17-48-13-5-7-19-59(48)61/h1-43H. The van der Waals surface area contributed by atoms with E-state index in [4.69, 9.17) is 0 Å². The lowest BCUT2D eigenvalue weighted by Gasteiger charge is -2.29. The molecule has 0 radical (unpaired) electrons. The zero-order chi connectivity index (χ0) is 43.1. The molecule has 0 amide bonds. The smallest absolute Gasteiger partial charge is 0.0546 e. The van der Waals surface area contributed by atoms with Crippen LogP contribution in [0.4, 0.5) is 17.1 Å². The molecule has 0 aromatic heterocycles. The highest BCUT2D eigenvalue weighted by molar-refractivity contribution is 6.00. The minimum Gasteiger partial charge on any atom is -0.310 e. The average molecular weight is 826 g/mol. The van der Waals surface area contributed by atoms with Gasteiger partial charge < -0.3 is 4.90 Å². The molecule has 0 aliphatic carbocycles. The molecule has 1 nitrogen and oxygen atoms in total. The Morgan fingerprint density at radius 1 is 0.200 bits per heavy atom. The van der Waals surface area contributed by atoms with E-state index in [9.17, 15) is 0 Å². The summed E-state index contributed by atoms with van der Waals surface area (Å²) in [4.78, 5) is 2.44. The van der Waals surface area contributed by atoms with Crippen molar-refractivity contribution in [3.8, 4) is 55.6 Å². The molecule has 12 rings (SSSR count). The molecule has 0 spiro atoms. The lowest BCUT2D eigenvalue weighted by atomic mass is 9.94. The molecule has 0 saturated heterocycles. The molecule has 0 fully saturated rings. The number of anilines is 3. The minimum atomic E-state index is 1.08. The highest BCUT2D eigenvalue weighted by atomic mass is 15.1. The Kier molecular flexibility index (Phi) is 9.58. The lowest BCUT2D eigenvalue weighted by Crippen LogP contribution is -2.11. The highest BCUT2D eigenvalue weighted by Gasteiger charge is 2.20. The lowest BCUT2D eigenvalue weighted by molar-refractivity contribution is 1.28. The maximum Gasteiger partial charge on any atom is 0.0546 e. The molecule has 65 heavy (non-hydrogen) atoms. The third-order valence-electron chi connectivity index (χ3n) is 13.1. The summed E-state index contributed by atoms with van der Waals surface area (Å²) in [7, 11) is 0. The van der Waals surface area contributed by atoms with Crippen LogP contribution in [0.1, 0.15) is 0 Å². The predicted molar refractivity (Wildman–Crippen MR) is 278 cm³/mol. The number of nitrogens with zero attached hydrogens (tertiary/aromatic N) is 1. The fraction of sp³-hybridized carbons (Fsp3) is 0. The van der Waals surface area contributed by atoms with Gasteiger partial charge in [-0.25, -0.2) is 0 Å². The van der Waals surface area contributed by atoms with Crippen molar-refractivity contribution in [3.05, 3.63) is 261 Å². The van der Waals surface area contributed by atoms with Gasteiger partial charge in [-0.2, -0.15) is 0 Å². The second kappa shape index (κ2) is 16.3. The number of rotatable bonds is 8. The van der Waals surface area contributed by atoms with Crippen molar-refractivity contribution in [2.24, 2.45) is 0 Å². The van der Waals surface area contributed by atoms with Crippen molar-refractivity contribution in [1.29, 1.82) is 0 Å². The van der Waals surface area contributed by atoms with E-state index in [1.165, 1.54) is 87.6 Å². The number of fused-ring (bicyclic) bond motifs is 4. The molecule has 0 unspecified atom stereocenters. The van der Waals surface area contributed by atoms with Gasteiger partial charge in [-0.15, -0.1) is 0 Å². The van der Waals surface area contributed by atoms with Crippen LogP contribution < -0.4 is 4.90 Å². The van der Waals surface area contributed by atoms with Gasteiger partial charge in [-0.1, -0.05) is 218 Å². The third-order valence-corrected chi connectivity index (χ3v) is 13.1. The van der Waals surface area contributed by atoms with Crippen molar-refractivity contribution < 1.29 is 0 Å². The van der Waals surface area contributed by atoms with E-state index in [1.807, 2.05) is 0 Å². The Morgan fingerprint density at radius 3 is 1.12 bits per heavy atom. The SMILES string of the molecule is c1ccc2cc(-c3ccc(-c4ccc5ccccc5c4)c(N(c4ccc(-c5ccc(-c6cccc7ccccc67)cc5)cc4)c4ccc(-c5cccc6ccccc56)cc4)c3)ccc2c1. The maximum atomic E-state index is 2.44. The van der Waals surface area contributed by atoms with E-state index in [2.05, 4.69) is 266 Å². The predicted octanol–water partition coefficient (Wildman–Crippen LogP) is 18.1. The summed E-state index contributed by atoms with van der Waals surface area (Å²) >= 11 is 0.